The molecule has 0 amide bonds. The molecule has 0 saturated heterocycles. The van der Waals surface area contributed by atoms with E-state index < -0.39 is 0 Å². The molecule has 2 heteroatoms. The maximum Gasteiger partial charge on any atom is 0.135 e. The van der Waals surface area contributed by atoms with E-state index in [0.29, 0.717) is 5.92 Å². The normalized spacial score (nSPS) is 13.3. The number of anilines is 3. The predicted octanol–water partition coefficient (Wildman–Crippen LogP) is 16.9. The summed E-state index contributed by atoms with van der Waals surface area (Å²) in [5.74, 6) is 0.591. The molecule has 9 aromatic carbocycles. The fraction of sp³-hybridized carbons (Fsp3) is 0.103. The van der Waals surface area contributed by atoms with E-state index in [1.165, 1.54) is 92.9 Å². The van der Waals surface area contributed by atoms with Crippen LogP contribution in [0.5, 0.6) is 0 Å². The van der Waals surface area contributed by atoms with Gasteiger partial charge in [0.15, 0.2) is 0 Å². The Bertz CT molecular complexity index is 3090. The minimum Gasteiger partial charge on any atom is -0.456 e. The molecule has 0 radical (unpaired) electrons. The van der Waals surface area contributed by atoms with E-state index in [9.17, 15) is 0 Å². The van der Waals surface area contributed by atoms with Crippen LogP contribution in [0.25, 0.3) is 77.2 Å². The molecule has 0 unspecified atom stereocenters. The predicted molar refractivity (Wildman–Crippen MR) is 253 cm³/mol. The van der Waals surface area contributed by atoms with Crippen molar-refractivity contribution in [2.45, 2.75) is 38.0 Å². The van der Waals surface area contributed by atoms with Crippen LogP contribution in [0.15, 0.2) is 211 Å². The summed E-state index contributed by atoms with van der Waals surface area (Å²) in [5, 5.41) is 4.99. The molecule has 1 aliphatic carbocycles. The van der Waals surface area contributed by atoms with Crippen LogP contribution in [-0.4, -0.2) is 0 Å². The van der Waals surface area contributed by atoms with Crippen LogP contribution in [-0.2, 0) is 0 Å². The first-order valence-corrected chi connectivity index (χ1v) is 21.4. The van der Waals surface area contributed by atoms with E-state index >= 15 is 0 Å². The SMILES string of the molecule is c1ccc(-c2ccc(-c3ccc(N(c4ccc(-c5ccc6oc7ccccc7c6c5)cc4)c4ccccc4-c4cccc5cccc(C6CCCCC6)c45)cc3)cc2)cc1. The quantitative estimate of drug-likeness (QED) is 0.153. The molecule has 0 N–H and O–H groups in total. The standard InChI is InChI=1S/C58H45NO/c1-3-13-40(14-4-1)41-25-27-42(28-26-41)43-29-34-48(35-30-43)59(49-36-31-44(32-37-49)47-33-38-57-54(39-47)52-20-8-10-24-56(52)60-57)55-23-9-7-19-51(55)53-22-12-18-46-17-11-21-50(58(46)53)45-15-5-2-6-16-45/h1,3-4,7-14,17-39,45H,2,5-6,15-16H2. The number of furan rings is 1. The van der Waals surface area contributed by atoms with Gasteiger partial charge in [-0.25, -0.2) is 0 Å². The molecule has 288 valence electrons. The van der Waals surface area contributed by atoms with Gasteiger partial charge in [-0.2, -0.15) is 0 Å². The van der Waals surface area contributed by atoms with Gasteiger partial charge in [-0.15, -0.1) is 0 Å². The molecule has 0 spiro atoms. The van der Waals surface area contributed by atoms with Crippen molar-refractivity contribution in [3.8, 4) is 44.5 Å². The Morgan fingerprint density at radius 3 is 1.63 bits per heavy atom. The van der Waals surface area contributed by atoms with Crippen LogP contribution in [0.1, 0.15) is 43.6 Å². The molecular formula is C58H45NO. The zero-order chi connectivity index (χ0) is 39.8. The molecule has 10 aromatic rings. The van der Waals surface area contributed by atoms with Gasteiger partial charge >= 0.3 is 0 Å². The molecule has 2 nitrogen and oxygen atoms in total. The lowest BCUT2D eigenvalue weighted by Crippen LogP contribution is -2.11. The highest BCUT2D eigenvalue weighted by molar-refractivity contribution is 6.06. The maximum atomic E-state index is 6.16. The van der Waals surface area contributed by atoms with E-state index in [2.05, 4.69) is 199 Å². The van der Waals surface area contributed by atoms with Gasteiger partial charge in [-0.3, -0.25) is 0 Å². The van der Waals surface area contributed by atoms with E-state index in [1.54, 1.807) is 0 Å². The van der Waals surface area contributed by atoms with Crippen molar-refractivity contribution in [2.75, 3.05) is 4.90 Å². The highest BCUT2D eigenvalue weighted by Gasteiger charge is 2.23. The number of rotatable bonds is 8. The molecule has 1 fully saturated rings. The number of hydrogen-bond acceptors (Lipinski definition) is 2. The Morgan fingerprint density at radius 2 is 0.917 bits per heavy atom. The second-order valence-corrected chi connectivity index (χ2v) is 16.3. The van der Waals surface area contributed by atoms with Crippen molar-refractivity contribution in [1.82, 2.24) is 0 Å². The third-order valence-corrected chi connectivity index (χ3v) is 12.7. The molecule has 1 aromatic heterocycles. The summed E-state index contributed by atoms with van der Waals surface area (Å²) in [6, 6.07) is 75.3. The summed E-state index contributed by atoms with van der Waals surface area (Å²) in [4.78, 5) is 2.44. The van der Waals surface area contributed by atoms with Crippen molar-refractivity contribution < 1.29 is 4.42 Å². The summed E-state index contributed by atoms with van der Waals surface area (Å²) < 4.78 is 6.16. The van der Waals surface area contributed by atoms with Crippen LogP contribution in [0, 0.1) is 0 Å². The minimum atomic E-state index is 0.591. The van der Waals surface area contributed by atoms with Crippen LogP contribution in [0.4, 0.5) is 17.1 Å². The van der Waals surface area contributed by atoms with Crippen LogP contribution in [0.3, 0.4) is 0 Å². The van der Waals surface area contributed by atoms with Crippen molar-refractivity contribution in [1.29, 1.82) is 0 Å². The average Bonchev–Trinajstić information content (AvgIpc) is 3.71. The Morgan fingerprint density at radius 1 is 0.383 bits per heavy atom. The largest absolute Gasteiger partial charge is 0.456 e. The van der Waals surface area contributed by atoms with Gasteiger partial charge < -0.3 is 9.32 Å². The third-order valence-electron chi connectivity index (χ3n) is 12.7. The van der Waals surface area contributed by atoms with Gasteiger partial charge in [0.1, 0.15) is 11.2 Å². The lowest BCUT2D eigenvalue weighted by atomic mass is 9.80. The van der Waals surface area contributed by atoms with Crippen LogP contribution < -0.4 is 4.90 Å². The summed E-state index contributed by atoms with van der Waals surface area (Å²) in [6.07, 6.45) is 6.49. The monoisotopic (exact) mass is 771 g/mol. The number of para-hydroxylation sites is 2. The zero-order valence-corrected chi connectivity index (χ0v) is 33.6. The van der Waals surface area contributed by atoms with Crippen molar-refractivity contribution in [3.05, 3.63) is 212 Å². The Hall–Kier alpha value is -7.16. The Balaban J connectivity index is 1.02. The number of nitrogens with zero attached hydrogens (tertiary/aromatic N) is 1. The number of fused-ring (bicyclic) bond motifs is 4. The molecule has 11 rings (SSSR count). The molecule has 0 bridgehead atoms. The van der Waals surface area contributed by atoms with Crippen LogP contribution >= 0.6 is 0 Å². The highest BCUT2D eigenvalue weighted by Crippen LogP contribution is 2.46. The third kappa shape index (κ3) is 6.65. The van der Waals surface area contributed by atoms with E-state index in [0.717, 1.165) is 39.0 Å². The van der Waals surface area contributed by atoms with Crippen molar-refractivity contribution >= 4 is 49.8 Å². The molecule has 0 atom stereocenters. The summed E-state index contributed by atoms with van der Waals surface area (Å²) in [7, 11) is 0. The smallest absolute Gasteiger partial charge is 0.135 e. The average molecular weight is 772 g/mol. The summed E-state index contributed by atoms with van der Waals surface area (Å²) >= 11 is 0. The van der Waals surface area contributed by atoms with Gasteiger partial charge in [-0.1, -0.05) is 177 Å². The topological polar surface area (TPSA) is 16.4 Å². The van der Waals surface area contributed by atoms with Crippen LogP contribution in [0.2, 0.25) is 0 Å². The van der Waals surface area contributed by atoms with Crippen molar-refractivity contribution in [3.63, 3.8) is 0 Å². The van der Waals surface area contributed by atoms with Gasteiger partial charge in [0, 0.05) is 27.7 Å². The first kappa shape index (κ1) is 36.0. The number of hydrogen-bond donors (Lipinski definition) is 0. The van der Waals surface area contributed by atoms with Gasteiger partial charge in [0.2, 0.25) is 0 Å². The van der Waals surface area contributed by atoms with E-state index in [1.807, 2.05) is 12.1 Å². The fourth-order valence-corrected chi connectivity index (χ4v) is 9.67. The second-order valence-electron chi connectivity index (χ2n) is 16.3. The molecule has 1 aliphatic rings. The van der Waals surface area contributed by atoms with Gasteiger partial charge in [-0.05, 0) is 123 Å². The van der Waals surface area contributed by atoms with E-state index in [4.69, 9.17) is 4.42 Å². The maximum absolute atomic E-state index is 6.16. The summed E-state index contributed by atoms with van der Waals surface area (Å²) in [5.41, 5.74) is 16.4. The van der Waals surface area contributed by atoms with Crippen molar-refractivity contribution in [2.24, 2.45) is 0 Å². The Labute approximate surface area is 352 Å². The molecule has 0 aliphatic heterocycles. The number of benzene rings is 9. The molecule has 1 saturated carbocycles. The first-order valence-electron chi connectivity index (χ1n) is 21.4. The fourth-order valence-electron chi connectivity index (χ4n) is 9.67. The van der Waals surface area contributed by atoms with Gasteiger partial charge in [0.25, 0.3) is 0 Å². The molecular weight excluding hydrogens is 727 g/mol. The zero-order valence-electron chi connectivity index (χ0n) is 33.6. The highest BCUT2D eigenvalue weighted by atomic mass is 16.3. The lowest BCUT2D eigenvalue weighted by Gasteiger charge is -2.29. The van der Waals surface area contributed by atoms with E-state index in [-0.39, 0.29) is 0 Å². The molecule has 1 heterocycles. The second kappa shape index (κ2) is 15.5. The lowest BCUT2D eigenvalue weighted by molar-refractivity contribution is 0.445. The minimum absolute atomic E-state index is 0.591. The Kier molecular flexibility index (Phi) is 9.32. The van der Waals surface area contributed by atoms with Gasteiger partial charge in [0.05, 0.1) is 5.69 Å². The molecule has 60 heavy (non-hydrogen) atoms. The first-order chi connectivity index (χ1) is 29.7. The summed E-state index contributed by atoms with van der Waals surface area (Å²) in [6.45, 7) is 0.